The molecule has 0 unspecified atom stereocenters. The molecule has 8 heteroatoms. The molecule has 0 atom stereocenters. The van der Waals surface area contributed by atoms with Gasteiger partial charge in [0.25, 0.3) is 0 Å². The van der Waals surface area contributed by atoms with E-state index in [1.54, 1.807) is 7.05 Å². The molecular weight excluding hydrogens is 284 g/mol. The molecular formula is C12H15F2N5S. The maximum atomic E-state index is 14.0. The van der Waals surface area contributed by atoms with Crippen molar-refractivity contribution in [1.29, 1.82) is 0 Å². The summed E-state index contributed by atoms with van der Waals surface area (Å²) in [5.41, 5.74) is 0.564. The largest absolute Gasteiger partial charge is 0.310 e. The highest BCUT2D eigenvalue weighted by molar-refractivity contribution is 7.99. The fourth-order valence-electron chi connectivity index (χ4n) is 1.53. The quantitative estimate of drug-likeness (QED) is 0.916. The summed E-state index contributed by atoms with van der Waals surface area (Å²) >= 11 is 0.864. The molecule has 0 aliphatic heterocycles. The smallest absolute Gasteiger partial charge is 0.214 e. The molecule has 1 heterocycles. The minimum atomic E-state index is -0.612. The minimum Gasteiger partial charge on any atom is -0.310 e. The summed E-state index contributed by atoms with van der Waals surface area (Å²) in [6.45, 7) is 4.36. The van der Waals surface area contributed by atoms with Gasteiger partial charge in [0.1, 0.15) is 11.6 Å². The lowest BCUT2D eigenvalue weighted by Crippen LogP contribution is -2.22. The summed E-state index contributed by atoms with van der Waals surface area (Å²) in [5.74, 6) is -1.22. The monoisotopic (exact) mass is 299 g/mol. The molecule has 0 aliphatic rings. The Hall–Kier alpha value is -1.54. The SMILES string of the molecule is CC(C)NCc1cc(F)c(Sc2nnnn2C)c(F)c1. The first-order chi connectivity index (χ1) is 9.47. The summed E-state index contributed by atoms with van der Waals surface area (Å²) in [4.78, 5) is -0.101. The Kier molecular flexibility index (Phi) is 4.66. The third-order valence-electron chi connectivity index (χ3n) is 2.55. The average molecular weight is 299 g/mol. The lowest BCUT2D eigenvalue weighted by molar-refractivity contribution is 0.528. The van der Waals surface area contributed by atoms with Crippen molar-refractivity contribution in [2.24, 2.45) is 7.05 Å². The second kappa shape index (κ2) is 6.27. The Morgan fingerprint density at radius 3 is 2.45 bits per heavy atom. The molecule has 0 aliphatic carbocycles. The van der Waals surface area contributed by atoms with E-state index in [0.29, 0.717) is 17.3 Å². The van der Waals surface area contributed by atoms with Gasteiger partial charge in [-0.2, -0.15) is 0 Å². The lowest BCUT2D eigenvalue weighted by atomic mass is 10.2. The van der Waals surface area contributed by atoms with Crippen molar-refractivity contribution < 1.29 is 8.78 Å². The minimum absolute atomic E-state index is 0.101. The van der Waals surface area contributed by atoms with Gasteiger partial charge in [-0.1, -0.05) is 13.8 Å². The molecule has 0 fully saturated rings. The normalized spacial score (nSPS) is 11.3. The molecule has 0 saturated heterocycles. The van der Waals surface area contributed by atoms with E-state index in [9.17, 15) is 8.78 Å². The number of rotatable bonds is 5. The number of hydrogen-bond donors (Lipinski definition) is 1. The topological polar surface area (TPSA) is 55.6 Å². The molecule has 0 amide bonds. The van der Waals surface area contributed by atoms with Crippen LogP contribution in [0.5, 0.6) is 0 Å². The molecule has 1 aromatic heterocycles. The zero-order valence-corrected chi connectivity index (χ0v) is 12.2. The maximum Gasteiger partial charge on any atom is 0.214 e. The van der Waals surface area contributed by atoms with Crippen LogP contribution in [0.4, 0.5) is 8.78 Å². The molecule has 0 spiro atoms. The molecule has 0 saturated carbocycles. The average Bonchev–Trinajstić information content (AvgIpc) is 2.77. The van der Waals surface area contributed by atoms with Gasteiger partial charge in [0.05, 0.1) is 4.90 Å². The van der Waals surface area contributed by atoms with Crippen molar-refractivity contribution in [1.82, 2.24) is 25.5 Å². The third kappa shape index (κ3) is 3.51. The maximum absolute atomic E-state index is 14.0. The van der Waals surface area contributed by atoms with E-state index >= 15 is 0 Å². The van der Waals surface area contributed by atoms with E-state index in [0.717, 1.165) is 11.8 Å². The standard InChI is InChI=1S/C12H15F2N5S/c1-7(2)15-6-8-4-9(13)11(10(14)5-8)20-12-16-17-18-19(12)3/h4-5,7,15H,6H2,1-3H3. The fraction of sp³-hybridized carbons (Fsp3) is 0.417. The number of hydrogen-bond acceptors (Lipinski definition) is 5. The van der Waals surface area contributed by atoms with Crippen LogP contribution in [-0.2, 0) is 13.6 Å². The molecule has 2 rings (SSSR count). The van der Waals surface area contributed by atoms with Gasteiger partial charge in [-0.15, -0.1) is 5.10 Å². The van der Waals surface area contributed by atoms with E-state index in [-0.39, 0.29) is 10.9 Å². The molecule has 2 aromatic rings. The van der Waals surface area contributed by atoms with Crippen molar-refractivity contribution in [3.63, 3.8) is 0 Å². The van der Waals surface area contributed by atoms with Crippen LogP contribution in [0, 0.1) is 11.6 Å². The number of nitrogens with zero attached hydrogens (tertiary/aromatic N) is 4. The highest BCUT2D eigenvalue weighted by atomic mass is 32.2. The number of benzene rings is 1. The van der Waals surface area contributed by atoms with Crippen molar-refractivity contribution in [2.75, 3.05) is 0 Å². The van der Waals surface area contributed by atoms with Crippen LogP contribution in [-0.4, -0.2) is 26.2 Å². The van der Waals surface area contributed by atoms with Gasteiger partial charge in [-0.25, -0.2) is 13.5 Å². The van der Waals surface area contributed by atoms with Crippen LogP contribution < -0.4 is 5.32 Å². The highest BCUT2D eigenvalue weighted by Gasteiger charge is 2.15. The van der Waals surface area contributed by atoms with Gasteiger partial charge in [0.2, 0.25) is 5.16 Å². The second-order valence-electron chi connectivity index (χ2n) is 4.61. The predicted molar refractivity (Wildman–Crippen MR) is 71.3 cm³/mol. The fourth-order valence-corrected chi connectivity index (χ4v) is 2.27. The number of aromatic nitrogens is 4. The van der Waals surface area contributed by atoms with Crippen molar-refractivity contribution in [3.05, 3.63) is 29.3 Å². The molecule has 108 valence electrons. The van der Waals surface area contributed by atoms with Crippen LogP contribution >= 0.6 is 11.8 Å². The summed E-state index contributed by atoms with van der Waals surface area (Å²) < 4.78 is 29.3. The highest BCUT2D eigenvalue weighted by Crippen LogP contribution is 2.30. The Labute approximate surface area is 119 Å². The molecule has 0 radical (unpaired) electrons. The van der Waals surface area contributed by atoms with Crippen LogP contribution in [0.15, 0.2) is 22.2 Å². The molecule has 1 aromatic carbocycles. The zero-order chi connectivity index (χ0) is 14.7. The van der Waals surface area contributed by atoms with E-state index in [2.05, 4.69) is 20.8 Å². The second-order valence-corrected chi connectivity index (χ2v) is 5.59. The van der Waals surface area contributed by atoms with Gasteiger partial charge in [0.15, 0.2) is 0 Å². The van der Waals surface area contributed by atoms with Gasteiger partial charge in [0, 0.05) is 19.6 Å². The first-order valence-corrected chi connectivity index (χ1v) is 6.90. The van der Waals surface area contributed by atoms with E-state index in [1.165, 1.54) is 16.8 Å². The Bertz CT molecular complexity index is 576. The molecule has 20 heavy (non-hydrogen) atoms. The number of tetrazole rings is 1. The predicted octanol–water partition coefficient (Wildman–Crippen LogP) is 2.14. The summed E-state index contributed by atoms with van der Waals surface area (Å²) in [6.07, 6.45) is 0. The molecule has 0 bridgehead atoms. The van der Waals surface area contributed by atoms with Gasteiger partial charge in [-0.3, -0.25) is 0 Å². The zero-order valence-electron chi connectivity index (χ0n) is 11.4. The van der Waals surface area contributed by atoms with Gasteiger partial charge < -0.3 is 5.32 Å². The van der Waals surface area contributed by atoms with E-state index in [4.69, 9.17) is 0 Å². The summed E-state index contributed by atoms with van der Waals surface area (Å²) in [5, 5.41) is 14.2. The van der Waals surface area contributed by atoms with E-state index < -0.39 is 11.6 Å². The van der Waals surface area contributed by atoms with Gasteiger partial charge in [-0.05, 0) is 39.9 Å². The van der Waals surface area contributed by atoms with Crippen LogP contribution in [0.25, 0.3) is 0 Å². The summed E-state index contributed by atoms with van der Waals surface area (Å²) in [6, 6.07) is 2.90. The van der Waals surface area contributed by atoms with Crippen molar-refractivity contribution in [2.45, 2.75) is 36.5 Å². The first-order valence-electron chi connectivity index (χ1n) is 6.09. The molecule has 5 nitrogen and oxygen atoms in total. The van der Waals surface area contributed by atoms with Crippen molar-refractivity contribution >= 4 is 11.8 Å². The Morgan fingerprint density at radius 1 is 1.30 bits per heavy atom. The Balaban J connectivity index is 2.20. The van der Waals surface area contributed by atoms with Crippen LogP contribution in [0.3, 0.4) is 0 Å². The lowest BCUT2D eigenvalue weighted by Gasteiger charge is -2.10. The van der Waals surface area contributed by atoms with Gasteiger partial charge >= 0.3 is 0 Å². The molecule has 1 N–H and O–H groups in total. The number of halogens is 2. The first kappa shape index (κ1) is 14.9. The van der Waals surface area contributed by atoms with E-state index in [1.807, 2.05) is 13.8 Å². The van der Waals surface area contributed by atoms with Crippen LogP contribution in [0.1, 0.15) is 19.4 Å². The van der Waals surface area contributed by atoms with Crippen LogP contribution in [0.2, 0.25) is 0 Å². The summed E-state index contributed by atoms with van der Waals surface area (Å²) in [7, 11) is 1.61. The number of nitrogens with one attached hydrogen (secondary N) is 1. The Morgan fingerprint density at radius 2 is 1.95 bits per heavy atom. The third-order valence-corrected chi connectivity index (χ3v) is 3.67. The number of aryl methyl sites for hydroxylation is 1. The van der Waals surface area contributed by atoms with Crippen molar-refractivity contribution in [3.8, 4) is 0 Å².